The van der Waals surface area contributed by atoms with E-state index in [-0.39, 0.29) is 11.9 Å². The number of aromatic nitrogens is 2. The molecule has 0 fully saturated rings. The smallest absolute Gasteiger partial charge is 0.251 e. The number of hydrogen-bond acceptors (Lipinski definition) is 3. The summed E-state index contributed by atoms with van der Waals surface area (Å²) in [6.07, 6.45) is 1.79. The molecule has 2 aromatic rings. The first-order chi connectivity index (χ1) is 9.90. The van der Waals surface area contributed by atoms with Gasteiger partial charge in [-0.3, -0.25) is 9.48 Å². The van der Waals surface area contributed by atoms with E-state index < -0.39 is 0 Å². The van der Waals surface area contributed by atoms with E-state index in [2.05, 4.69) is 10.4 Å². The topological polar surface area (TPSA) is 56.1 Å². The van der Waals surface area contributed by atoms with E-state index in [1.54, 1.807) is 18.0 Å². The molecule has 1 atom stereocenters. The van der Waals surface area contributed by atoms with Crippen LogP contribution in [0.3, 0.4) is 0 Å². The Hall–Kier alpha value is -2.30. The van der Waals surface area contributed by atoms with Gasteiger partial charge in [0.15, 0.2) is 5.75 Å². The average molecular weight is 287 g/mol. The molecule has 0 bridgehead atoms. The molecule has 1 N–H and O–H groups in total. The van der Waals surface area contributed by atoms with E-state index in [0.29, 0.717) is 11.3 Å². The van der Waals surface area contributed by atoms with Crippen molar-refractivity contribution >= 4 is 5.91 Å². The Morgan fingerprint density at radius 3 is 2.48 bits per heavy atom. The summed E-state index contributed by atoms with van der Waals surface area (Å²) in [7, 11) is 3.42. The summed E-state index contributed by atoms with van der Waals surface area (Å²) in [5.41, 5.74) is 3.53. The van der Waals surface area contributed by atoms with Crippen LogP contribution in [0.4, 0.5) is 0 Å². The lowest BCUT2D eigenvalue weighted by atomic mass is 10.1. The molecule has 5 heteroatoms. The van der Waals surface area contributed by atoms with Gasteiger partial charge in [0.25, 0.3) is 5.91 Å². The van der Waals surface area contributed by atoms with Crippen molar-refractivity contribution in [2.24, 2.45) is 7.05 Å². The van der Waals surface area contributed by atoms with Crippen LogP contribution in [0.2, 0.25) is 0 Å². The first-order valence-electron chi connectivity index (χ1n) is 6.87. The summed E-state index contributed by atoms with van der Waals surface area (Å²) >= 11 is 0. The first-order valence-corrected chi connectivity index (χ1v) is 6.87. The highest BCUT2D eigenvalue weighted by Crippen LogP contribution is 2.23. The number of amides is 1. The molecule has 0 aliphatic rings. The molecule has 1 heterocycles. The van der Waals surface area contributed by atoms with E-state index >= 15 is 0 Å². The van der Waals surface area contributed by atoms with Gasteiger partial charge in [-0.2, -0.15) is 5.10 Å². The molecule has 5 nitrogen and oxygen atoms in total. The highest BCUT2D eigenvalue weighted by atomic mass is 16.5. The van der Waals surface area contributed by atoms with Crippen LogP contribution in [0, 0.1) is 13.8 Å². The molecular formula is C16H21N3O2. The molecule has 1 unspecified atom stereocenters. The maximum absolute atomic E-state index is 12.4. The zero-order valence-corrected chi connectivity index (χ0v) is 13.1. The van der Waals surface area contributed by atoms with Crippen LogP contribution >= 0.6 is 0 Å². The number of hydrogen-bond donors (Lipinski definition) is 1. The molecule has 1 aromatic heterocycles. The predicted molar refractivity (Wildman–Crippen MR) is 81.6 cm³/mol. The average Bonchev–Trinajstić information content (AvgIpc) is 2.78. The molecule has 0 aliphatic heterocycles. The molecule has 2 rings (SSSR count). The van der Waals surface area contributed by atoms with Crippen LogP contribution in [-0.4, -0.2) is 22.8 Å². The van der Waals surface area contributed by atoms with Gasteiger partial charge in [-0.05, 0) is 32.9 Å². The molecule has 1 aromatic carbocycles. The van der Waals surface area contributed by atoms with E-state index in [1.165, 1.54) is 0 Å². The molecule has 0 spiro atoms. The van der Waals surface area contributed by atoms with Crippen molar-refractivity contribution in [1.29, 1.82) is 0 Å². The van der Waals surface area contributed by atoms with E-state index in [0.717, 1.165) is 16.8 Å². The highest BCUT2D eigenvalue weighted by molar-refractivity contribution is 5.94. The zero-order chi connectivity index (χ0) is 15.6. The number of carbonyl (C=O) groups excluding carboxylic acids is 1. The molecule has 0 aliphatic carbocycles. The lowest BCUT2D eigenvalue weighted by Crippen LogP contribution is -2.27. The van der Waals surface area contributed by atoms with Crippen molar-refractivity contribution in [1.82, 2.24) is 15.1 Å². The fourth-order valence-corrected chi connectivity index (χ4v) is 2.40. The summed E-state index contributed by atoms with van der Waals surface area (Å²) in [6.45, 7) is 5.86. The van der Waals surface area contributed by atoms with Gasteiger partial charge in [-0.25, -0.2) is 0 Å². The van der Waals surface area contributed by atoms with Gasteiger partial charge in [0.2, 0.25) is 0 Å². The number of benzene rings is 1. The molecular weight excluding hydrogens is 266 g/mol. The van der Waals surface area contributed by atoms with Gasteiger partial charge in [-0.15, -0.1) is 0 Å². The number of methoxy groups -OCH3 is 1. The summed E-state index contributed by atoms with van der Waals surface area (Å²) in [6, 6.07) is 5.58. The van der Waals surface area contributed by atoms with Crippen LogP contribution in [0.15, 0.2) is 24.4 Å². The van der Waals surface area contributed by atoms with Gasteiger partial charge >= 0.3 is 0 Å². The molecule has 0 radical (unpaired) electrons. The number of aryl methyl sites for hydroxylation is 3. The minimum atomic E-state index is -0.227. The first kappa shape index (κ1) is 15.1. The van der Waals surface area contributed by atoms with E-state index in [1.807, 2.05) is 46.0 Å². The fraction of sp³-hybridized carbons (Fsp3) is 0.375. The minimum absolute atomic E-state index is 0.109. The van der Waals surface area contributed by atoms with Crippen LogP contribution in [0.1, 0.15) is 40.1 Å². The van der Waals surface area contributed by atoms with Crippen molar-refractivity contribution in [2.45, 2.75) is 26.8 Å². The van der Waals surface area contributed by atoms with Crippen molar-refractivity contribution in [3.63, 3.8) is 0 Å². The summed E-state index contributed by atoms with van der Waals surface area (Å²) < 4.78 is 6.95. The van der Waals surface area contributed by atoms with E-state index in [4.69, 9.17) is 4.74 Å². The predicted octanol–water partition coefficient (Wildman–Crippen LogP) is 2.54. The Labute approximate surface area is 124 Å². The molecule has 21 heavy (non-hydrogen) atoms. The summed E-state index contributed by atoms with van der Waals surface area (Å²) in [5.74, 6) is 0.563. The van der Waals surface area contributed by atoms with Crippen molar-refractivity contribution in [3.05, 3.63) is 46.8 Å². The maximum atomic E-state index is 12.4. The van der Waals surface area contributed by atoms with Crippen LogP contribution in [0.5, 0.6) is 5.75 Å². The number of ether oxygens (including phenoxy) is 1. The second kappa shape index (κ2) is 5.99. The lowest BCUT2D eigenvalue weighted by Gasteiger charge is -2.13. The number of nitrogens with zero attached hydrogens (tertiary/aromatic N) is 2. The van der Waals surface area contributed by atoms with E-state index in [9.17, 15) is 4.79 Å². The Morgan fingerprint density at radius 1 is 1.29 bits per heavy atom. The third-order valence-electron chi connectivity index (χ3n) is 3.28. The Balaban J connectivity index is 2.18. The Kier molecular flexibility index (Phi) is 4.31. The second-order valence-corrected chi connectivity index (χ2v) is 5.33. The van der Waals surface area contributed by atoms with Crippen LogP contribution < -0.4 is 10.1 Å². The Morgan fingerprint density at radius 2 is 1.90 bits per heavy atom. The molecule has 112 valence electrons. The van der Waals surface area contributed by atoms with Gasteiger partial charge in [0.1, 0.15) is 5.69 Å². The van der Waals surface area contributed by atoms with Gasteiger partial charge < -0.3 is 10.1 Å². The molecule has 0 saturated carbocycles. The maximum Gasteiger partial charge on any atom is 0.251 e. The Bertz CT molecular complexity index is 641. The fourth-order valence-electron chi connectivity index (χ4n) is 2.40. The van der Waals surface area contributed by atoms with Gasteiger partial charge in [-0.1, -0.05) is 17.2 Å². The lowest BCUT2D eigenvalue weighted by molar-refractivity contribution is 0.0938. The third-order valence-corrected chi connectivity index (χ3v) is 3.28. The normalized spacial score (nSPS) is 12.0. The number of carbonyl (C=O) groups is 1. The monoisotopic (exact) mass is 287 g/mol. The van der Waals surface area contributed by atoms with Crippen LogP contribution in [-0.2, 0) is 7.05 Å². The zero-order valence-electron chi connectivity index (χ0n) is 13.1. The highest BCUT2D eigenvalue weighted by Gasteiger charge is 2.18. The molecule has 0 saturated heterocycles. The minimum Gasteiger partial charge on any atom is -0.493 e. The van der Waals surface area contributed by atoms with Gasteiger partial charge in [0.05, 0.1) is 19.3 Å². The van der Waals surface area contributed by atoms with Crippen molar-refractivity contribution < 1.29 is 9.53 Å². The van der Waals surface area contributed by atoms with Crippen molar-refractivity contribution in [2.75, 3.05) is 7.11 Å². The molecule has 1 amide bonds. The SMILES string of the molecule is COc1cn(C)nc1C(C)NC(=O)c1cc(C)cc(C)c1. The number of rotatable bonds is 4. The second-order valence-electron chi connectivity index (χ2n) is 5.33. The standard InChI is InChI=1S/C16H21N3O2/c1-10-6-11(2)8-13(7-10)16(20)17-12(3)15-14(21-5)9-19(4)18-15/h6-9,12H,1-5H3,(H,17,20). The largest absolute Gasteiger partial charge is 0.493 e. The van der Waals surface area contributed by atoms with Gasteiger partial charge in [0, 0.05) is 12.6 Å². The van der Waals surface area contributed by atoms with Crippen molar-refractivity contribution in [3.8, 4) is 5.75 Å². The van der Waals surface area contributed by atoms with Crippen LogP contribution in [0.25, 0.3) is 0 Å². The third kappa shape index (κ3) is 3.42. The summed E-state index contributed by atoms with van der Waals surface area (Å²) in [5, 5.41) is 7.30. The number of nitrogens with one attached hydrogen (secondary N) is 1. The summed E-state index contributed by atoms with van der Waals surface area (Å²) in [4.78, 5) is 12.4. The quantitative estimate of drug-likeness (QED) is 0.940.